The molecule has 0 saturated carbocycles. The van der Waals surface area contributed by atoms with Gasteiger partial charge in [-0.25, -0.2) is 16.8 Å². The van der Waals surface area contributed by atoms with Gasteiger partial charge in [0.1, 0.15) is 4.90 Å². The van der Waals surface area contributed by atoms with Crippen molar-refractivity contribution in [3.05, 3.63) is 28.2 Å². The number of benzene rings is 1. The van der Waals surface area contributed by atoms with Crippen molar-refractivity contribution in [2.45, 2.75) is 17.4 Å². The van der Waals surface area contributed by atoms with Crippen LogP contribution in [0, 0.1) is 12.3 Å². The third kappa shape index (κ3) is 3.58. The first-order valence-electron chi connectivity index (χ1n) is 6.28. The zero-order valence-corrected chi connectivity index (χ0v) is 14.5. The summed E-state index contributed by atoms with van der Waals surface area (Å²) in [6.45, 7) is -0.231. The van der Waals surface area contributed by atoms with Crippen LogP contribution in [0.4, 0.5) is 0 Å². The molecule has 0 aromatic heterocycles. The highest BCUT2D eigenvalue weighted by atomic mass is 35.5. The fraction of sp³-hybridized carbons (Fsp3) is 0.385. The van der Waals surface area contributed by atoms with Gasteiger partial charge in [0.15, 0.2) is 9.84 Å². The zero-order valence-electron chi connectivity index (χ0n) is 11.4. The normalized spacial score (nSPS) is 20.9. The number of rotatable bonds is 4. The minimum atomic E-state index is -4.04. The molecular weight excluding hydrogens is 369 g/mol. The van der Waals surface area contributed by atoms with Crippen molar-refractivity contribution in [2.75, 3.05) is 18.1 Å². The molecule has 1 atom stereocenters. The molecule has 0 spiro atoms. The van der Waals surface area contributed by atoms with Crippen LogP contribution in [0.15, 0.2) is 23.1 Å². The highest BCUT2D eigenvalue weighted by Gasteiger charge is 2.39. The van der Waals surface area contributed by atoms with Gasteiger partial charge in [0.25, 0.3) is 0 Å². The van der Waals surface area contributed by atoms with Crippen LogP contribution in [-0.2, 0) is 19.9 Å². The molecule has 0 aliphatic carbocycles. The Balaban J connectivity index is 2.48. The largest absolute Gasteiger partial charge is 0.245 e. The molecule has 1 unspecified atom stereocenters. The van der Waals surface area contributed by atoms with Crippen molar-refractivity contribution >= 4 is 43.1 Å². The van der Waals surface area contributed by atoms with Crippen molar-refractivity contribution in [3.63, 3.8) is 0 Å². The minimum Gasteiger partial charge on any atom is -0.229 e. The third-order valence-corrected chi connectivity index (χ3v) is 7.71. The number of sulfonamides is 1. The van der Waals surface area contributed by atoms with E-state index in [2.05, 4.69) is 5.92 Å². The van der Waals surface area contributed by atoms with Gasteiger partial charge in [0.2, 0.25) is 10.0 Å². The fourth-order valence-electron chi connectivity index (χ4n) is 2.30. The second kappa shape index (κ2) is 6.38. The summed E-state index contributed by atoms with van der Waals surface area (Å²) in [6.07, 6.45) is 5.45. The molecule has 1 aromatic carbocycles. The van der Waals surface area contributed by atoms with Gasteiger partial charge in [0, 0.05) is 11.1 Å². The number of halogens is 2. The molecular formula is C13H13Cl2NO4S2. The molecule has 1 fully saturated rings. The average molecular weight is 382 g/mol. The number of hydrogen-bond acceptors (Lipinski definition) is 4. The van der Waals surface area contributed by atoms with Gasteiger partial charge in [-0.15, -0.1) is 6.42 Å². The quantitative estimate of drug-likeness (QED) is 0.745. The molecule has 1 aliphatic heterocycles. The maximum Gasteiger partial charge on any atom is 0.245 e. The van der Waals surface area contributed by atoms with E-state index in [4.69, 9.17) is 29.6 Å². The van der Waals surface area contributed by atoms with Crippen LogP contribution in [0.3, 0.4) is 0 Å². The Morgan fingerprint density at radius 3 is 2.59 bits per heavy atom. The van der Waals surface area contributed by atoms with Gasteiger partial charge < -0.3 is 0 Å². The van der Waals surface area contributed by atoms with Crippen molar-refractivity contribution in [1.29, 1.82) is 0 Å². The predicted octanol–water partition coefficient (Wildman–Crippen LogP) is 1.80. The Morgan fingerprint density at radius 2 is 2.05 bits per heavy atom. The maximum absolute atomic E-state index is 12.8. The first-order valence-corrected chi connectivity index (χ1v) is 10.3. The summed E-state index contributed by atoms with van der Waals surface area (Å²) in [4.78, 5) is -0.179. The van der Waals surface area contributed by atoms with E-state index in [-0.39, 0.29) is 39.4 Å². The first-order chi connectivity index (χ1) is 10.2. The van der Waals surface area contributed by atoms with Gasteiger partial charge in [-0.1, -0.05) is 29.1 Å². The summed E-state index contributed by atoms with van der Waals surface area (Å²) in [5.41, 5.74) is 0. The van der Waals surface area contributed by atoms with Crippen molar-refractivity contribution < 1.29 is 16.8 Å². The average Bonchev–Trinajstić information content (AvgIpc) is 2.78. The van der Waals surface area contributed by atoms with Gasteiger partial charge in [-0.05, 0) is 24.6 Å². The molecule has 1 heterocycles. The second-order valence-electron chi connectivity index (χ2n) is 4.89. The van der Waals surface area contributed by atoms with E-state index in [1.807, 2.05) is 0 Å². The fourth-order valence-corrected chi connectivity index (χ4v) is 6.44. The molecule has 0 bridgehead atoms. The molecule has 1 saturated heterocycles. The summed E-state index contributed by atoms with van der Waals surface area (Å²) in [6, 6.07) is 3.37. The molecule has 0 N–H and O–H groups in total. The van der Waals surface area contributed by atoms with Crippen molar-refractivity contribution in [1.82, 2.24) is 4.31 Å². The molecule has 2 rings (SSSR count). The van der Waals surface area contributed by atoms with Crippen molar-refractivity contribution in [3.8, 4) is 12.3 Å². The van der Waals surface area contributed by atoms with E-state index < -0.39 is 25.9 Å². The summed E-state index contributed by atoms with van der Waals surface area (Å²) >= 11 is 11.8. The van der Waals surface area contributed by atoms with Crippen LogP contribution in [0.25, 0.3) is 0 Å². The van der Waals surface area contributed by atoms with Crippen LogP contribution < -0.4 is 0 Å². The topological polar surface area (TPSA) is 71.5 Å². The SMILES string of the molecule is C#CCN(C1CCS(=O)(=O)C1)S(=O)(=O)c1cc(Cl)ccc1Cl. The molecule has 1 aliphatic rings. The molecule has 0 radical (unpaired) electrons. The zero-order chi connectivity index (χ0) is 16.5. The Morgan fingerprint density at radius 1 is 1.36 bits per heavy atom. The molecule has 0 amide bonds. The highest BCUT2D eigenvalue weighted by Crippen LogP contribution is 2.30. The van der Waals surface area contributed by atoms with E-state index in [1.54, 1.807) is 0 Å². The van der Waals surface area contributed by atoms with Crippen LogP contribution in [0.2, 0.25) is 10.0 Å². The van der Waals surface area contributed by atoms with Crippen molar-refractivity contribution in [2.24, 2.45) is 0 Å². The molecule has 120 valence electrons. The van der Waals surface area contributed by atoms with E-state index in [0.29, 0.717) is 0 Å². The monoisotopic (exact) mass is 381 g/mol. The number of nitrogens with zero attached hydrogens (tertiary/aromatic N) is 1. The van der Waals surface area contributed by atoms with E-state index in [1.165, 1.54) is 18.2 Å². The Kier molecular flexibility index (Phi) is 5.09. The number of sulfone groups is 1. The lowest BCUT2D eigenvalue weighted by Crippen LogP contribution is -2.41. The first kappa shape index (κ1) is 17.6. The number of terminal acetylenes is 1. The van der Waals surface area contributed by atoms with E-state index >= 15 is 0 Å². The van der Waals surface area contributed by atoms with E-state index in [0.717, 1.165) is 4.31 Å². The van der Waals surface area contributed by atoms with Crippen LogP contribution in [0.1, 0.15) is 6.42 Å². The van der Waals surface area contributed by atoms with Gasteiger partial charge in [0.05, 0.1) is 23.1 Å². The molecule has 1 aromatic rings. The summed E-state index contributed by atoms with van der Waals surface area (Å²) in [5.74, 6) is 1.96. The van der Waals surface area contributed by atoms with Crippen LogP contribution in [0.5, 0.6) is 0 Å². The lowest BCUT2D eigenvalue weighted by molar-refractivity contribution is 0.371. The van der Waals surface area contributed by atoms with Gasteiger partial charge in [-0.3, -0.25) is 0 Å². The molecule has 22 heavy (non-hydrogen) atoms. The number of hydrogen-bond donors (Lipinski definition) is 0. The summed E-state index contributed by atoms with van der Waals surface area (Å²) in [5, 5.41) is 0.218. The molecule has 5 nitrogen and oxygen atoms in total. The lowest BCUT2D eigenvalue weighted by atomic mass is 10.3. The van der Waals surface area contributed by atoms with Crippen LogP contribution >= 0.6 is 23.2 Å². The highest BCUT2D eigenvalue weighted by molar-refractivity contribution is 7.92. The maximum atomic E-state index is 12.8. The Hall–Kier alpha value is -0.780. The lowest BCUT2D eigenvalue weighted by Gasteiger charge is -2.25. The summed E-state index contributed by atoms with van der Waals surface area (Å²) < 4.78 is 49.8. The smallest absolute Gasteiger partial charge is 0.229 e. The predicted molar refractivity (Wildman–Crippen MR) is 86.2 cm³/mol. The Bertz CT molecular complexity index is 828. The second-order valence-corrected chi connectivity index (χ2v) is 9.82. The summed E-state index contributed by atoms with van der Waals surface area (Å²) in [7, 11) is -7.29. The Labute approximate surface area is 140 Å². The van der Waals surface area contributed by atoms with Crippen LogP contribution in [-0.4, -0.2) is 45.2 Å². The molecule has 9 heteroatoms. The minimum absolute atomic E-state index is 0.00674. The third-order valence-electron chi connectivity index (χ3n) is 3.34. The standard InChI is InChI=1S/C13H13Cl2NO4S2/c1-2-6-16(11-5-7-21(17,18)9-11)22(19,20)13-8-10(14)3-4-12(13)15/h1,3-4,8,11H,5-7,9H2. The van der Waals surface area contributed by atoms with Gasteiger partial charge in [-0.2, -0.15) is 4.31 Å². The van der Waals surface area contributed by atoms with Gasteiger partial charge >= 0.3 is 0 Å². The van der Waals surface area contributed by atoms with E-state index in [9.17, 15) is 16.8 Å².